The molecule has 6 heteroatoms. The number of carbonyl (C=O) groups is 2. The number of hydrogen-bond acceptors (Lipinski definition) is 4. The fourth-order valence-corrected chi connectivity index (χ4v) is 1.16. The molecule has 0 spiro atoms. The van der Waals surface area contributed by atoms with Crippen LogP contribution in [0.3, 0.4) is 0 Å². The van der Waals surface area contributed by atoms with Gasteiger partial charge >= 0.3 is 12.2 Å². The summed E-state index contributed by atoms with van der Waals surface area (Å²) >= 11 is 0. The molecule has 0 N–H and O–H groups in total. The van der Waals surface area contributed by atoms with Gasteiger partial charge in [-0.3, -0.25) is 0 Å². The maximum atomic E-state index is 11.7. The van der Waals surface area contributed by atoms with Crippen molar-refractivity contribution in [3.63, 3.8) is 0 Å². The van der Waals surface area contributed by atoms with E-state index in [2.05, 4.69) is 0 Å². The van der Waals surface area contributed by atoms with E-state index in [1.165, 1.54) is 9.80 Å². The van der Waals surface area contributed by atoms with Gasteiger partial charge in [-0.2, -0.15) is 0 Å². The van der Waals surface area contributed by atoms with Gasteiger partial charge in [-0.05, 0) is 41.5 Å². The highest BCUT2D eigenvalue weighted by Gasteiger charge is 2.22. The van der Waals surface area contributed by atoms with Crippen LogP contribution in [-0.4, -0.2) is 60.4 Å². The quantitative estimate of drug-likeness (QED) is 0.801. The molecule has 0 heterocycles. The standard InChI is InChI=1S/C14H28N2O4/c1-13(2,3)19-11(17)15(7)9-10-16(8)12(18)20-14(4,5)6/h9-10H2,1-8H3. The van der Waals surface area contributed by atoms with Crippen LogP contribution in [0.2, 0.25) is 0 Å². The molecule has 0 aliphatic heterocycles. The second-order valence-electron chi connectivity index (χ2n) is 6.80. The first-order chi connectivity index (χ1) is 8.82. The average Bonchev–Trinajstić information content (AvgIpc) is 2.20. The van der Waals surface area contributed by atoms with E-state index in [1.807, 2.05) is 41.5 Å². The third kappa shape index (κ3) is 8.61. The molecule has 0 radical (unpaired) electrons. The van der Waals surface area contributed by atoms with Crippen molar-refractivity contribution in [2.24, 2.45) is 0 Å². The molecule has 0 rings (SSSR count). The van der Waals surface area contributed by atoms with Crippen LogP contribution >= 0.6 is 0 Å². The monoisotopic (exact) mass is 288 g/mol. The molecule has 2 amide bonds. The zero-order chi connectivity index (χ0) is 16.1. The summed E-state index contributed by atoms with van der Waals surface area (Å²) in [4.78, 5) is 26.4. The van der Waals surface area contributed by atoms with Crippen molar-refractivity contribution in [1.29, 1.82) is 0 Å². The van der Waals surface area contributed by atoms with E-state index in [-0.39, 0.29) is 0 Å². The lowest BCUT2D eigenvalue weighted by Gasteiger charge is -2.27. The van der Waals surface area contributed by atoms with Crippen molar-refractivity contribution in [2.45, 2.75) is 52.7 Å². The van der Waals surface area contributed by atoms with Crippen LogP contribution in [0.1, 0.15) is 41.5 Å². The predicted molar refractivity (Wildman–Crippen MR) is 77.7 cm³/mol. The summed E-state index contributed by atoms with van der Waals surface area (Å²) in [7, 11) is 3.27. The molecular formula is C14H28N2O4. The smallest absolute Gasteiger partial charge is 0.410 e. The van der Waals surface area contributed by atoms with Crippen LogP contribution in [0.5, 0.6) is 0 Å². The maximum Gasteiger partial charge on any atom is 0.410 e. The summed E-state index contributed by atoms with van der Waals surface area (Å²) in [6.45, 7) is 11.6. The lowest BCUT2D eigenvalue weighted by Crippen LogP contribution is -2.41. The minimum absolute atomic E-state index is 0.380. The van der Waals surface area contributed by atoms with Gasteiger partial charge < -0.3 is 19.3 Å². The van der Waals surface area contributed by atoms with Crippen LogP contribution in [-0.2, 0) is 9.47 Å². The van der Waals surface area contributed by atoms with Crippen LogP contribution in [0.25, 0.3) is 0 Å². The zero-order valence-corrected chi connectivity index (χ0v) is 13.9. The van der Waals surface area contributed by atoms with Crippen molar-refractivity contribution in [3.05, 3.63) is 0 Å². The highest BCUT2D eigenvalue weighted by Crippen LogP contribution is 2.10. The Labute approximate surface area is 122 Å². The summed E-state index contributed by atoms with van der Waals surface area (Å²) < 4.78 is 10.5. The minimum atomic E-state index is -0.525. The van der Waals surface area contributed by atoms with E-state index in [1.54, 1.807) is 14.1 Å². The van der Waals surface area contributed by atoms with Gasteiger partial charge in [0.2, 0.25) is 0 Å². The number of amides is 2. The molecule has 0 saturated heterocycles. The van der Waals surface area contributed by atoms with Crippen molar-refractivity contribution in [3.8, 4) is 0 Å². The normalized spacial score (nSPS) is 11.8. The van der Waals surface area contributed by atoms with Gasteiger partial charge in [-0.1, -0.05) is 0 Å². The Balaban J connectivity index is 4.21. The molecule has 0 aromatic carbocycles. The third-order valence-corrected chi connectivity index (χ3v) is 2.18. The van der Waals surface area contributed by atoms with Gasteiger partial charge in [0.25, 0.3) is 0 Å². The molecule has 20 heavy (non-hydrogen) atoms. The second kappa shape index (κ2) is 6.81. The number of likely N-dealkylation sites (N-methyl/N-ethyl adjacent to an activating group) is 2. The van der Waals surface area contributed by atoms with E-state index in [4.69, 9.17) is 9.47 Å². The number of nitrogens with zero attached hydrogens (tertiary/aromatic N) is 2. The van der Waals surface area contributed by atoms with E-state index in [0.717, 1.165) is 0 Å². The van der Waals surface area contributed by atoms with E-state index >= 15 is 0 Å². The number of hydrogen-bond donors (Lipinski definition) is 0. The van der Waals surface area contributed by atoms with Crippen LogP contribution in [0.4, 0.5) is 9.59 Å². The topological polar surface area (TPSA) is 59.1 Å². The maximum absolute atomic E-state index is 11.7. The largest absolute Gasteiger partial charge is 0.444 e. The Kier molecular flexibility index (Phi) is 6.32. The first-order valence-electron chi connectivity index (χ1n) is 6.70. The summed E-state index contributed by atoms with van der Waals surface area (Å²) in [5.74, 6) is 0. The van der Waals surface area contributed by atoms with E-state index < -0.39 is 23.4 Å². The molecule has 0 atom stereocenters. The SMILES string of the molecule is CN(CCN(C)C(=O)OC(C)(C)C)C(=O)OC(C)(C)C. The summed E-state index contributed by atoms with van der Waals surface area (Å²) in [5, 5.41) is 0. The zero-order valence-electron chi connectivity index (χ0n) is 13.9. The average molecular weight is 288 g/mol. The van der Waals surface area contributed by atoms with E-state index in [9.17, 15) is 9.59 Å². The second-order valence-corrected chi connectivity index (χ2v) is 6.80. The first kappa shape index (κ1) is 18.5. The lowest BCUT2D eigenvalue weighted by atomic mass is 10.2. The molecule has 0 aromatic heterocycles. The molecular weight excluding hydrogens is 260 g/mol. The van der Waals surface area contributed by atoms with Crippen molar-refractivity contribution < 1.29 is 19.1 Å². The molecule has 0 unspecified atom stereocenters. The Morgan fingerprint density at radius 2 is 1.00 bits per heavy atom. The summed E-state index contributed by atoms with van der Waals surface area (Å²) in [6, 6.07) is 0. The molecule has 0 saturated carbocycles. The van der Waals surface area contributed by atoms with Gasteiger partial charge in [-0.25, -0.2) is 9.59 Å². The molecule has 0 bridgehead atoms. The highest BCUT2D eigenvalue weighted by atomic mass is 16.6. The first-order valence-corrected chi connectivity index (χ1v) is 6.70. The molecule has 0 aliphatic rings. The number of ether oxygens (including phenoxy) is 2. The fraction of sp³-hybridized carbons (Fsp3) is 0.857. The lowest BCUT2D eigenvalue weighted by molar-refractivity contribution is 0.0200. The van der Waals surface area contributed by atoms with Gasteiger partial charge in [-0.15, -0.1) is 0 Å². The molecule has 6 nitrogen and oxygen atoms in total. The third-order valence-electron chi connectivity index (χ3n) is 2.18. The number of carbonyl (C=O) groups excluding carboxylic acids is 2. The van der Waals surface area contributed by atoms with Gasteiger partial charge in [0.15, 0.2) is 0 Å². The van der Waals surface area contributed by atoms with Gasteiger partial charge in [0, 0.05) is 27.2 Å². The Hall–Kier alpha value is -1.46. The Morgan fingerprint density at radius 1 is 0.750 bits per heavy atom. The predicted octanol–water partition coefficient (Wildman–Crippen LogP) is 2.72. The van der Waals surface area contributed by atoms with Crippen LogP contribution in [0, 0.1) is 0 Å². The molecule has 0 fully saturated rings. The van der Waals surface area contributed by atoms with E-state index in [0.29, 0.717) is 13.1 Å². The van der Waals surface area contributed by atoms with Crippen molar-refractivity contribution >= 4 is 12.2 Å². The van der Waals surface area contributed by atoms with Crippen LogP contribution in [0.15, 0.2) is 0 Å². The van der Waals surface area contributed by atoms with Gasteiger partial charge in [0.1, 0.15) is 11.2 Å². The minimum Gasteiger partial charge on any atom is -0.444 e. The molecule has 0 aromatic rings. The molecule has 0 aliphatic carbocycles. The fourth-order valence-electron chi connectivity index (χ4n) is 1.16. The molecule has 118 valence electrons. The van der Waals surface area contributed by atoms with Crippen molar-refractivity contribution in [1.82, 2.24) is 9.80 Å². The summed E-state index contributed by atoms with van der Waals surface area (Å²) in [6.07, 6.45) is -0.815. The van der Waals surface area contributed by atoms with Gasteiger partial charge in [0.05, 0.1) is 0 Å². The number of rotatable bonds is 3. The van der Waals surface area contributed by atoms with Crippen LogP contribution < -0.4 is 0 Å². The Morgan fingerprint density at radius 3 is 1.20 bits per heavy atom. The highest BCUT2D eigenvalue weighted by molar-refractivity contribution is 5.69. The summed E-state index contributed by atoms with van der Waals surface area (Å²) in [5.41, 5.74) is -1.05. The Bertz CT molecular complexity index is 308. The van der Waals surface area contributed by atoms with Crippen molar-refractivity contribution in [2.75, 3.05) is 27.2 Å².